The molecule has 0 spiro atoms. The third-order valence-corrected chi connectivity index (χ3v) is 6.74. The summed E-state index contributed by atoms with van der Waals surface area (Å²) in [6.45, 7) is 0.395. The molecule has 4 aromatic rings. The molecule has 0 saturated heterocycles. The molecule has 0 saturated carbocycles. The van der Waals surface area contributed by atoms with Crippen LogP contribution in [0.25, 0.3) is 10.9 Å². The molecule has 0 radical (unpaired) electrons. The maximum atomic E-state index is 13.5. The first-order chi connectivity index (χ1) is 15.9. The van der Waals surface area contributed by atoms with Crippen LogP contribution in [0.5, 0.6) is 0 Å². The molecule has 0 bridgehead atoms. The van der Waals surface area contributed by atoms with Gasteiger partial charge < -0.3 is 14.6 Å². The fourth-order valence-electron chi connectivity index (χ4n) is 4.77. The highest BCUT2D eigenvalue weighted by Gasteiger charge is 2.50. The summed E-state index contributed by atoms with van der Waals surface area (Å²) >= 11 is 6.18. The third kappa shape index (κ3) is 3.54. The minimum Gasteiger partial charge on any atom is -0.375 e. The molecule has 2 heterocycles. The first-order valence-corrected chi connectivity index (χ1v) is 11.2. The fraction of sp³-hybridized carbons (Fsp3) is 0.185. The number of nitrogens with zero attached hydrogens (tertiary/aromatic N) is 2. The molecule has 166 valence electrons. The van der Waals surface area contributed by atoms with Crippen LogP contribution in [0.2, 0.25) is 5.02 Å². The first kappa shape index (κ1) is 21.4. The largest absolute Gasteiger partial charge is 0.375 e. The van der Waals surface area contributed by atoms with Crippen molar-refractivity contribution in [3.05, 3.63) is 101 Å². The molecular weight excluding hydrogens is 436 g/mol. The van der Waals surface area contributed by atoms with Crippen LogP contribution in [0.4, 0.5) is 5.69 Å². The van der Waals surface area contributed by atoms with Gasteiger partial charge in [0, 0.05) is 41.8 Å². The number of aliphatic hydroxyl groups is 1. The van der Waals surface area contributed by atoms with Gasteiger partial charge in [0.15, 0.2) is 11.4 Å². The van der Waals surface area contributed by atoms with Crippen LogP contribution in [-0.2, 0) is 23.9 Å². The molecule has 1 aromatic heterocycles. The average molecular weight is 459 g/mol. The number of aromatic nitrogens is 1. The third-order valence-electron chi connectivity index (χ3n) is 6.41. The molecule has 5 nitrogen and oxygen atoms in total. The lowest BCUT2D eigenvalue weighted by molar-refractivity contribution is -0.135. The van der Waals surface area contributed by atoms with Crippen molar-refractivity contribution in [3.63, 3.8) is 0 Å². The summed E-state index contributed by atoms with van der Waals surface area (Å²) in [7, 11) is 2.00. The lowest BCUT2D eigenvalue weighted by atomic mass is 9.88. The van der Waals surface area contributed by atoms with E-state index in [1.807, 2.05) is 31.3 Å². The predicted molar refractivity (Wildman–Crippen MR) is 130 cm³/mol. The maximum Gasteiger partial charge on any atom is 0.264 e. The number of para-hydroxylation sites is 2. The van der Waals surface area contributed by atoms with E-state index in [0.717, 1.165) is 16.5 Å². The van der Waals surface area contributed by atoms with Crippen molar-refractivity contribution >= 4 is 39.9 Å². The Morgan fingerprint density at radius 2 is 1.70 bits per heavy atom. The number of carbonyl (C=O) groups is 2. The Hall–Kier alpha value is -3.41. The van der Waals surface area contributed by atoms with Crippen LogP contribution in [0.1, 0.15) is 27.9 Å². The van der Waals surface area contributed by atoms with E-state index in [-0.39, 0.29) is 12.2 Å². The second-order valence-corrected chi connectivity index (χ2v) is 8.85. The maximum absolute atomic E-state index is 13.5. The zero-order valence-electron chi connectivity index (χ0n) is 18.2. The first-order valence-electron chi connectivity index (χ1n) is 10.8. The van der Waals surface area contributed by atoms with E-state index < -0.39 is 11.5 Å². The quantitative estimate of drug-likeness (QED) is 0.419. The van der Waals surface area contributed by atoms with Gasteiger partial charge in [-0.05, 0) is 36.2 Å². The number of halogens is 1. The highest BCUT2D eigenvalue weighted by molar-refractivity contribution is 6.34. The van der Waals surface area contributed by atoms with Gasteiger partial charge >= 0.3 is 0 Å². The van der Waals surface area contributed by atoms with E-state index in [1.165, 1.54) is 0 Å². The van der Waals surface area contributed by atoms with Crippen LogP contribution in [0, 0.1) is 0 Å². The summed E-state index contributed by atoms with van der Waals surface area (Å²) in [6.07, 6.45) is 2.33. The molecule has 0 fully saturated rings. The number of aryl methyl sites for hydroxylation is 1. The molecule has 5 rings (SSSR count). The van der Waals surface area contributed by atoms with Gasteiger partial charge in [-0.1, -0.05) is 60.1 Å². The Labute approximate surface area is 196 Å². The van der Waals surface area contributed by atoms with Crippen molar-refractivity contribution in [1.82, 2.24) is 4.57 Å². The van der Waals surface area contributed by atoms with Crippen molar-refractivity contribution < 1.29 is 14.7 Å². The van der Waals surface area contributed by atoms with Gasteiger partial charge in [0.1, 0.15) is 0 Å². The number of hydrogen-bond donors (Lipinski definition) is 1. The molecule has 1 aliphatic heterocycles. The molecular formula is C27H23ClN2O3. The molecule has 3 aromatic carbocycles. The normalized spacial score (nSPS) is 17.5. The number of benzene rings is 3. The number of Topliss-reactive ketones (excluding diaryl/α,β-unsaturated/α-hetero) is 1. The topological polar surface area (TPSA) is 62.5 Å². The second-order valence-electron chi connectivity index (χ2n) is 8.45. The van der Waals surface area contributed by atoms with Crippen LogP contribution in [0.3, 0.4) is 0 Å². The lowest BCUT2D eigenvalue weighted by Gasteiger charge is -2.23. The van der Waals surface area contributed by atoms with Crippen LogP contribution < -0.4 is 4.90 Å². The molecule has 1 amide bonds. The fourth-order valence-corrected chi connectivity index (χ4v) is 5.01. The molecule has 0 aliphatic carbocycles. The zero-order chi connectivity index (χ0) is 23.2. The van der Waals surface area contributed by atoms with Gasteiger partial charge in [-0.15, -0.1) is 0 Å². The Kier molecular flexibility index (Phi) is 5.31. The summed E-state index contributed by atoms with van der Waals surface area (Å²) in [5, 5.41) is 13.0. The molecule has 1 aliphatic rings. The van der Waals surface area contributed by atoms with Crippen molar-refractivity contribution in [2.24, 2.45) is 7.05 Å². The Balaban J connectivity index is 1.45. The zero-order valence-corrected chi connectivity index (χ0v) is 18.9. The van der Waals surface area contributed by atoms with Crippen molar-refractivity contribution in [3.8, 4) is 0 Å². The number of carbonyl (C=O) groups excluding carboxylic acids is 2. The number of anilines is 1. The Bertz CT molecular complexity index is 1390. The summed E-state index contributed by atoms with van der Waals surface area (Å²) in [6, 6.07) is 21.9. The minimum absolute atomic E-state index is 0.298. The van der Waals surface area contributed by atoms with Gasteiger partial charge in [-0.3, -0.25) is 9.59 Å². The SMILES string of the molecule is Cn1cc(CCN2C(=O)C(O)(CC(=O)c3ccccc3Cl)c3ccccc32)c2ccccc21. The van der Waals surface area contributed by atoms with E-state index in [0.29, 0.717) is 34.8 Å². The van der Waals surface area contributed by atoms with E-state index >= 15 is 0 Å². The molecule has 1 atom stereocenters. The highest BCUT2D eigenvalue weighted by Crippen LogP contribution is 2.43. The van der Waals surface area contributed by atoms with Gasteiger partial charge in [0.2, 0.25) is 0 Å². The lowest BCUT2D eigenvalue weighted by Crippen LogP contribution is -2.42. The van der Waals surface area contributed by atoms with E-state index in [4.69, 9.17) is 11.6 Å². The number of fused-ring (bicyclic) bond motifs is 2. The van der Waals surface area contributed by atoms with Gasteiger partial charge in [0.05, 0.1) is 17.1 Å². The smallest absolute Gasteiger partial charge is 0.264 e. The Morgan fingerprint density at radius 1 is 1.00 bits per heavy atom. The highest BCUT2D eigenvalue weighted by atomic mass is 35.5. The standard InChI is InChI=1S/C27H23ClN2O3/c1-29-17-18(19-8-3-6-12-23(19)29)14-15-30-24-13-7-4-10-21(24)27(33,26(30)32)16-25(31)20-9-2-5-11-22(20)28/h2-13,17,33H,14-16H2,1H3. The monoisotopic (exact) mass is 458 g/mol. The van der Waals surface area contributed by atoms with Crippen molar-refractivity contribution in [2.45, 2.75) is 18.4 Å². The number of ketones is 1. The molecule has 33 heavy (non-hydrogen) atoms. The summed E-state index contributed by atoms with van der Waals surface area (Å²) in [5.41, 5.74) is 1.71. The van der Waals surface area contributed by atoms with Gasteiger partial charge in [-0.2, -0.15) is 0 Å². The molecule has 6 heteroatoms. The van der Waals surface area contributed by atoms with Crippen LogP contribution >= 0.6 is 11.6 Å². The van der Waals surface area contributed by atoms with Crippen molar-refractivity contribution in [2.75, 3.05) is 11.4 Å². The van der Waals surface area contributed by atoms with E-state index in [1.54, 1.807) is 41.3 Å². The number of rotatable bonds is 6. The van der Waals surface area contributed by atoms with Crippen LogP contribution in [-0.4, -0.2) is 27.9 Å². The van der Waals surface area contributed by atoms with E-state index in [2.05, 4.69) is 22.9 Å². The summed E-state index contributed by atoms with van der Waals surface area (Å²) < 4.78 is 2.07. The average Bonchev–Trinajstić information content (AvgIpc) is 3.25. The minimum atomic E-state index is -1.92. The number of hydrogen-bond acceptors (Lipinski definition) is 3. The van der Waals surface area contributed by atoms with E-state index in [9.17, 15) is 14.7 Å². The van der Waals surface area contributed by atoms with Crippen molar-refractivity contribution in [1.29, 1.82) is 0 Å². The Morgan fingerprint density at radius 3 is 2.52 bits per heavy atom. The number of amides is 1. The summed E-state index contributed by atoms with van der Waals surface area (Å²) in [4.78, 5) is 28.1. The summed E-state index contributed by atoms with van der Waals surface area (Å²) in [5.74, 6) is -0.855. The molecule has 1 unspecified atom stereocenters. The molecule has 1 N–H and O–H groups in total. The predicted octanol–water partition coefficient (Wildman–Crippen LogP) is 4.88. The second kappa shape index (κ2) is 8.18. The van der Waals surface area contributed by atoms with Crippen LogP contribution in [0.15, 0.2) is 79.0 Å². The van der Waals surface area contributed by atoms with Gasteiger partial charge in [0.25, 0.3) is 5.91 Å². The van der Waals surface area contributed by atoms with Gasteiger partial charge in [-0.25, -0.2) is 0 Å².